The van der Waals surface area contributed by atoms with Crippen molar-refractivity contribution >= 4 is 22.7 Å². The van der Waals surface area contributed by atoms with Crippen LogP contribution in [0.4, 0.5) is 15.9 Å². The first-order valence-corrected chi connectivity index (χ1v) is 5.82. The van der Waals surface area contributed by atoms with Crippen molar-refractivity contribution in [2.45, 2.75) is 6.92 Å². The van der Waals surface area contributed by atoms with E-state index in [1.807, 2.05) is 13.1 Å². The highest BCUT2D eigenvalue weighted by molar-refractivity contribution is 5.85. The molecule has 0 amide bonds. The second-order valence-electron chi connectivity index (χ2n) is 4.23. The molecule has 0 atom stereocenters. The number of hydrogen-bond acceptors (Lipinski definition) is 4. The topological polar surface area (TPSA) is 57.7 Å². The fourth-order valence-electron chi connectivity index (χ4n) is 1.97. The van der Waals surface area contributed by atoms with Gasteiger partial charge in [-0.25, -0.2) is 19.3 Å². The summed E-state index contributed by atoms with van der Waals surface area (Å²) in [6, 6.07) is 6.36. The maximum atomic E-state index is 13.3. The molecular weight excluding hydrogens is 245 g/mol. The first kappa shape index (κ1) is 11.6. The fourth-order valence-corrected chi connectivity index (χ4v) is 1.97. The average molecular weight is 257 g/mol. The molecule has 0 unspecified atom stereocenters. The van der Waals surface area contributed by atoms with Crippen molar-refractivity contribution in [1.29, 1.82) is 0 Å². The first-order chi connectivity index (χ1) is 9.15. The minimum absolute atomic E-state index is 0.281. The van der Waals surface area contributed by atoms with Gasteiger partial charge in [-0.15, -0.1) is 0 Å². The van der Waals surface area contributed by atoms with Gasteiger partial charge in [0, 0.05) is 12.7 Å². The van der Waals surface area contributed by atoms with Gasteiger partial charge in [-0.3, -0.25) is 0 Å². The smallest absolute Gasteiger partial charge is 0.183 e. The summed E-state index contributed by atoms with van der Waals surface area (Å²) in [6.45, 7) is 1.80. The molecule has 0 spiro atoms. The summed E-state index contributed by atoms with van der Waals surface area (Å²) in [7, 11) is 1.83. The number of nitrogens with one attached hydrogen (secondary N) is 1. The van der Waals surface area contributed by atoms with Crippen LogP contribution in [0.15, 0.2) is 30.6 Å². The molecule has 0 saturated heterocycles. The molecule has 2 heterocycles. The summed E-state index contributed by atoms with van der Waals surface area (Å²) in [6.07, 6.45) is 1.57. The summed E-state index contributed by atoms with van der Waals surface area (Å²) in [4.78, 5) is 17.6. The molecule has 6 heteroatoms. The minimum Gasteiger partial charge on any atom is -0.340 e. The SMILES string of the molecule is Cc1nc(N(C)c2cccc(F)c2)c2[nH]cnc2n1. The Kier molecular flexibility index (Phi) is 2.63. The zero-order valence-corrected chi connectivity index (χ0v) is 10.6. The van der Waals surface area contributed by atoms with Gasteiger partial charge in [-0.2, -0.15) is 0 Å². The summed E-state index contributed by atoms with van der Waals surface area (Å²) in [5, 5.41) is 0. The largest absolute Gasteiger partial charge is 0.340 e. The molecule has 0 aliphatic rings. The van der Waals surface area contributed by atoms with Gasteiger partial charge in [0.2, 0.25) is 0 Å². The Labute approximate surface area is 109 Å². The highest BCUT2D eigenvalue weighted by Crippen LogP contribution is 2.27. The van der Waals surface area contributed by atoms with Crippen LogP contribution in [0.5, 0.6) is 0 Å². The van der Waals surface area contributed by atoms with E-state index in [2.05, 4.69) is 19.9 Å². The third-order valence-electron chi connectivity index (χ3n) is 2.89. The van der Waals surface area contributed by atoms with Crippen molar-refractivity contribution in [3.63, 3.8) is 0 Å². The first-order valence-electron chi connectivity index (χ1n) is 5.82. The number of aromatic amines is 1. The molecule has 96 valence electrons. The van der Waals surface area contributed by atoms with Gasteiger partial charge in [0.1, 0.15) is 17.2 Å². The Bertz CT molecular complexity index is 737. The van der Waals surface area contributed by atoms with Crippen LogP contribution in [-0.2, 0) is 0 Å². The predicted molar refractivity (Wildman–Crippen MR) is 70.9 cm³/mol. The molecule has 0 radical (unpaired) electrons. The third-order valence-corrected chi connectivity index (χ3v) is 2.89. The number of hydrogen-bond donors (Lipinski definition) is 1. The van der Waals surface area contributed by atoms with Gasteiger partial charge in [0.15, 0.2) is 11.5 Å². The maximum absolute atomic E-state index is 13.3. The highest BCUT2D eigenvalue weighted by atomic mass is 19.1. The molecule has 1 N–H and O–H groups in total. The lowest BCUT2D eigenvalue weighted by Crippen LogP contribution is -2.13. The van der Waals surface area contributed by atoms with Crippen molar-refractivity contribution in [1.82, 2.24) is 19.9 Å². The van der Waals surface area contributed by atoms with E-state index < -0.39 is 0 Å². The van der Waals surface area contributed by atoms with Gasteiger partial charge in [0.25, 0.3) is 0 Å². The zero-order valence-electron chi connectivity index (χ0n) is 10.6. The lowest BCUT2D eigenvalue weighted by atomic mass is 10.3. The zero-order chi connectivity index (χ0) is 13.4. The standard InChI is InChI=1S/C13H12FN5/c1-8-17-12-11(15-7-16-12)13(18-8)19(2)10-5-3-4-9(14)6-10/h3-7H,1-2H3,(H,15,16,17,18). The van der Waals surface area contributed by atoms with Crippen LogP contribution in [0.1, 0.15) is 5.82 Å². The Morgan fingerprint density at radius 1 is 1.26 bits per heavy atom. The summed E-state index contributed by atoms with van der Waals surface area (Å²) < 4.78 is 13.3. The number of imidazole rings is 1. The average Bonchev–Trinajstić information content (AvgIpc) is 2.85. The van der Waals surface area contributed by atoms with Gasteiger partial charge in [-0.05, 0) is 25.1 Å². The highest BCUT2D eigenvalue weighted by Gasteiger charge is 2.13. The molecule has 0 bridgehead atoms. The molecule has 2 aromatic heterocycles. The van der Waals surface area contributed by atoms with E-state index in [-0.39, 0.29) is 5.82 Å². The Morgan fingerprint density at radius 2 is 2.11 bits per heavy atom. The van der Waals surface area contributed by atoms with Crippen molar-refractivity contribution in [3.8, 4) is 0 Å². The second-order valence-corrected chi connectivity index (χ2v) is 4.23. The van der Waals surface area contributed by atoms with E-state index in [1.165, 1.54) is 12.1 Å². The Balaban J connectivity index is 2.15. The summed E-state index contributed by atoms with van der Waals surface area (Å²) in [5.41, 5.74) is 2.05. The van der Waals surface area contributed by atoms with E-state index in [1.54, 1.807) is 24.2 Å². The molecular formula is C13H12FN5. The van der Waals surface area contributed by atoms with Crippen LogP contribution in [-0.4, -0.2) is 27.0 Å². The normalized spacial score (nSPS) is 10.9. The van der Waals surface area contributed by atoms with Crippen molar-refractivity contribution < 1.29 is 4.39 Å². The van der Waals surface area contributed by atoms with Crippen molar-refractivity contribution in [2.24, 2.45) is 0 Å². The maximum Gasteiger partial charge on any atom is 0.183 e. The monoisotopic (exact) mass is 257 g/mol. The number of halogens is 1. The van der Waals surface area contributed by atoms with E-state index in [0.29, 0.717) is 23.0 Å². The molecule has 3 aromatic rings. The number of fused-ring (bicyclic) bond motifs is 1. The van der Waals surface area contributed by atoms with Gasteiger partial charge >= 0.3 is 0 Å². The molecule has 1 aromatic carbocycles. The summed E-state index contributed by atoms with van der Waals surface area (Å²) >= 11 is 0. The molecule has 0 aliphatic carbocycles. The van der Waals surface area contributed by atoms with Gasteiger partial charge < -0.3 is 9.88 Å². The van der Waals surface area contributed by atoms with Gasteiger partial charge in [0.05, 0.1) is 6.33 Å². The Morgan fingerprint density at radius 3 is 2.89 bits per heavy atom. The molecule has 0 aliphatic heterocycles. The van der Waals surface area contributed by atoms with E-state index >= 15 is 0 Å². The minimum atomic E-state index is -0.281. The van der Waals surface area contributed by atoms with Crippen LogP contribution in [0.3, 0.4) is 0 Å². The van der Waals surface area contributed by atoms with Crippen LogP contribution < -0.4 is 4.90 Å². The quantitative estimate of drug-likeness (QED) is 0.766. The summed E-state index contributed by atoms with van der Waals surface area (Å²) in [5.74, 6) is 1.01. The third kappa shape index (κ3) is 2.01. The lowest BCUT2D eigenvalue weighted by Gasteiger charge is -2.19. The van der Waals surface area contributed by atoms with Crippen LogP contribution in [0.25, 0.3) is 11.2 Å². The lowest BCUT2D eigenvalue weighted by molar-refractivity contribution is 0.628. The molecule has 0 fully saturated rings. The van der Waals surface area contributed by atoms with Crippen LogP contribution in [0.2, 0.25) is 0 Å². The molecule has 0 saturated carbocycles. The van der Waals surface area contributed by atoms with E-state index in [9.17, 15) is 4.39 Å². The molecule has 19 heavy (non-hydrogen) atoms. The number of aromatic nitrogens is 4. The van der Waals surface area contributed by atoms with Crippen molar-refractivity contribution in [3.05, 3.63) is 42.2 Å². The van der Waals surface area contributed by atoms with E-state index in [0.717, 1.165) is 5.52 Å². The second kappa shape index (κ2) is 4.31. The predicted octanol–water partition coefficient (Wildman–Crippen LogP) is 2.57. The van der Waals surface area contributed by atoms with Crippen molar-refractivity contribution in [2.75, 3.05) is 11.9 Å². The Hall–Kier alpha value is -2.50. The number of H-pyrrole nitrogens is 1. The van der Waals surface area contributed by atoms with Gasteiger partial charge in [-0.1, -0.05) is 6.07 Å². The number of anilines is 2. The van der Waals surface area contributed by atoms with Crippen LogP contribution >= 0.6 is 0 Å². The molecule has 5 nitrogen and oxygen atoms in total. The number of benzene rings is 1. The van der Waals surface area contributed by atoms with E-state index in [4.69, 9.17) is 0 Å². The number of aryl methyl sites for hydroxylation is 1. The fraction of sp³-hybridized carbons (Fsp3) is 0.154. The molecule has 3 rings (SSSR count). The number of rotatable bonds is 2. The number of nitrogens with zero attached hydrogens (tertiary/aromatic N) is 4. The van der Waals surface area contributed by atoms with Crippen LogP contribution in [0, 0.1) is 12.7 Å².